The Morgan fingerprint density at radius 2 is 1.48 bits per heavy atom. The lowest BCUT2D eigenvalue weighted by Crippen LogP contribution is -2.58. The minimum Gasteiger partial charge on any atom is -0.340 e. The maximum absolute atomic E-state index is 13.6. The van der Waals surface area contributed by atoms with Gasteiger partial charge in [0.25, 0.3) is 0 Å². The van der Waals surface area contributed by atoms with Gasteiger partial charge in [0.1, 0.15) is 0 Å². The predicted molar refractivity (Wildman–Crippen MR) is 120 cm³/mol. The van der Waals surface area contributed by atoms with Gasteiger partial charge in [-0.1, -0.05) is 17.7 Å². The summed E-state index contributed by atoms with van der Waals surface area (Å²) >= 11 is 0. The van der Waals surface area contributed by atoms with Gasteiger partial charge in [0.2, 0.25) is 15.9 Å². The number of nitrogens with zero attached hydrogens (tertiary/aromatic N) is 3. The van der Waals surface area contributed by atoms with Crippen LogP contribution < -0.4 is 0 Å². The van der Waals surface area contributed by atoms with Crippen molar-refractivity contribution in [1.29, 1.82) is 0 Å². The van der Waals surface area contributed by atoms with E-state index in [9.17, 15) is 13.2 Å². The van der Waals surface area contributed by atoms with E-state index in [2.05, 4.69) is 9.80 Å². The number of hydrogen-bond acceptors (Lipinski definition) is 4. The molecule has 1 saturated heterocycles. The summed E-state index contributed by atoms with van der Waals surface area (Å²) in [6, 6.07) is 7.00. The van der Waals surface area contributed by atoms with Gasteiger partial charge in [-0.2, -0.15) is 4.31 Å². The summed E-state index contributed by atoms with van der Waals surface area (Å²) in [6.45, 7) is 5.18. The average Bonchev–Trinajstić information content (AvgIpc) is 2.73. The minimum atomic E-state index is -3.50. The van der Waals surface area contributed by atoms with Crippen LogP contribution in [0.25, 0.3) is 0 Å². The summed E-state index contributed by atoms with van der Waals surface area (Å²) in [4.78, 5) is 18.1. The number of hydrogen-bond donors (Lipinski definition) is 0. The second kappa shape index (κ2) is 7.85. The second-order valence-electron chi connectivity index (χ2n) is 10.7. The van der Waals surface area contributed by atoms with Crippen LogP contribution in [0.1, 0.15) is 44.1 Å². The number of rotatable bonds is 5. The van der Waals surface area contributed by atoms with Crippen LogP contribution in [0.2, 0.25) is 0 Å². The molecule has 0 spiro atoms. The highest BCUT2D eigenvalue weighted by molar-refractivity contribution is 7.89. The van der Waals surface area contributed by atoms with Crippen LogP contribution in [0.15, 0.2) is 29.2 Å². The van der Waals surface area contributed by atoms with E-state index in [1.165, 1.54) is 23.6 Å². The first-order valence-corrected chi connectivity index (χ1v) is 13.2. The molecule has 1 heterocycles. The molecule has 5 aliphatic rings. The number of aryl methyl sites for hydroxylation is 1. The zero-order valence-corrected chi connectivity index (χ0v) is 19.6. The van der Waals surface area contributed by atoms with Gasteiger partial charge in [-0.15, -0.1) is 0 Å². The molecule has 4 bridgehead atoms. The standard InChI is InChI=1S/C24H35N3O3S/c1-18-3-5-22(6-4-18)31(29,30)25(2)17-26-7-9-27(10-8-26)23(28)24-14-19-11-20(15-24)13-21(12-19)16-24/h3-6,19-21H,7-17H2,1-2H3. The summed E-state index contributed by atoms with van der Waals surface area (Å²) in [5, 5.41) is 0. The van der Waals surface area contributed by atoms with Crippen LogP contribution in [0, 0.1) is 30.1 Å². The molecule has 1 aliphatic heterocycles. The fourth-order valence-electron chi connectivity index (χ4n) is 7.05. The molecule has 6 nitrogen and oxygen atoms in total. The zero-order valence-electron chi connectivity index (χ0n) is 18.8. The van der Waals surface area contributed by atoms with Gasteiger partial charge >= 0.3 is 0 Å². The molecule has 4 aliphatic carbocycles. The van der Waals surface area contributed by atoms with Gasteiger partial charge in [0.05, 0.1) is 17.0 Å². The molecule has 0 aromatic heterocycles. The Morgan fingerprint density at radius 1 is 0.968 bits per heavy atom. The highest BCUT2D eigenvalue weighted by Crippen LogP contribution is 2.60. The summed E-state index contributed by atoms with van der Waals surface area (Å²) in [5.41, 5.74) is 0.962. The largest absolute Gasteiger partial charge is 0.340 e. The van der Waals surface area contributed by atoms with Crippen molar-refractivity contribution >= 4 is 15.9 Å². The lowest BCUT2D eigenvalue weighted by molar-refractivity contribution is -0.159. The molecule has 4 saturated carbocycles. The Bertz CT molecular complexity index is 900. The number of amides is 1. The molecule has 0 atom stereocenters. The molecular formula is C24H35N3O3S. The molecular weight excluding hydrogens is 410 g/mol. The van der Waals surface area contributed by atoms with Crippen molar-refractivity contribution in [2.45, 2.75) is 50.3 Å². The van der Waals surface area contributed by atoms with E-state index in [4.69, 9.17) is 0 Å². The highest BCUT2D eigenvalue weighted by Gasteiger charge is 2.55. The van der Waals surface area contributed by atoms with Crippen molar-refractivity contribution in [3.63, 3.8) is 0 Å². The molecule has 31 heavy (non-hydrogen) atoms. The molecule has 5 fully saturated rings. The van der Waals surface area contributed by atoms with Crippen LogP contribution in [0.5, 0.6) is 0 Å². The number of sulfonamides is 1. The highest BCUT2D eigenvalue weighted by atomic mass is 32.2. The third-order valence-electron chi connectivity index (χ3n) is 8.28. The van der Waals surface area contributed by atoms with Crippen LogP contribution >= 0.6 is 0 Å². The van der Waals surface area contributed by atoms with E-state index in [1.807, 2.05) is 19.1 Å². The van der Waals surface area contributed by atoms with Crippen LogP contribution in [0.4, 0.5) is 0 Å². The van der Waals surface area contributed by atoms with Crippen LogP contribution in [-0.2, 0) is 14.8 Å². The minimum absolute atomic E-state index is 0.0809. The first-order valence-electron chi connectivity index (χ1n) is 11.8. The van der Waals surface area contributed by atoms with Gasteiger partial charge < -0.3 is 4.90 Å². The van der Waals surface area contributed by atoms with Crippen molar-refractivity contribution in [3.05, 3.63) is 29.8 Å². The monoisotopic (exact) mass is 445 g/mol. The SMILES string of the molecule is Cc1ccc(S(=O)(=O)N(C)CN2CCN(C(=O)C34CC5CC(CC(C5)C3)C4)CC2)cc1. The summed E-state index contributed by atoms with van der Waals surface area (Å²) in [5.74, 6) is 2.72. The maximum Gasteiger partial charge on any atom is 0.243 e. The molecule has 0 unspecified atom stereocenters. The number of benzene rings is 1. The van der Waals surface area contributed by atoms with Gasteiger partial charge in [-0.05, 0) is 75.3 Å². The summed E-state index contributed by atoms with van der Waals surface area (Å²) in [6.07, 6.45) is 7.37. The third kappa shape index (κ3) is 3.93. The molecule has 1 amide bonds. The van der Waals surface area contributed by atoms with E-state index < -0.39 is 10.0 Å². The molecule has 1 aromatic carbocycles. The van der Waals surface area contributed by atoms with Gasteiger partial charge in [-0.25, -0.2) is 8.42 Å². The zero-order chi connectivity index (χ0) is 21.8. The Balaban J connectivity index is 1.18. The maximum atomic E-state index is 13.6. The molecule has 170 valence electrons. The van der Waals surface area contributed by atoms with E-state index in [1.54, 1.807) is 19.2 Å². The predicted octanol–water partition coefficient (Wildman–Crippen LogP) is 2.93. The number of carbonyl (C=O) groups is 1. The summed E-state index contributed by atoms with van der Waals surface area (Å²) < 4.78 is 27.2. The first-order chi connectivity index (χ1) is 14.7. The van der Waals surface area contributed by atoms with Gasteiger partial charge in [-0.3, -0.25) is 9.69 Å². The topological polar surface area (TPSA) is 60.9 Å². The number of piperazine rings is 1. The molecule has 7 heteroatoms. The molecule has 1 aromatic rings. The van der Waals surface area contributed by atoms with Crippen molar-refractivity contribution in [2.24, 2.45) is 23.2 Å². The second-order valence-corrected chi connectivity index (χ2v) is 12.7. The molecule has 0 radical (unpaired) electrons. The summed E-state index contributed by atoms with van der Waals surface area (Å²) in [7, 11) is -1.86. The van der Waals surface area contributed by atoms with Gasteiger partial charge in [0.15, 0.2) is 0 Å². The lowest BCUT2D eigenvalue weighted by atomic mass is 9.49. The van der Waals surface area contributed by atoms with Crippen molar-refractivity contribution in [1.82, 2.24) is 14.1 Å². The fourth-order valence-corrected chi connectivity index (χ4v) is 8.20. The van der Waals surface area contributed by atoms with E-state index in [0.29, 0.717) is 30.6 Å². The van der Waals surface area contributed by atoms with Crippen LogP contribution in [0.3, 0.4) is 0 Å². The quantitative estimate of drug-likeness (QED) is 0.699. The molecule has 0 N–H and O–H groups in total. The Morgan fingerprint density at radius 3 is 2.00 bits per heavy atom. The first kappa shape index (κ1) is 21.4. The third-order valence-corrected chi connectivity index (χ3v) is 10.1. The van der Waals surface area contributed by atoms with E-state index >= 15 is 0 Å². The van der Waals surface area contributed by atoms with Crippen LogP contribution in [-0.4, -0.2) is 68.3 Å². The Hall–Kier alpha value is -1.44. The Kier molecular flexibility index (Phi) is 5.42. The molecule has 6 rings (SSSR count). The van der Waals surface area contributed by atoms with Crippen molar-refractivity contribution in [3.8, 4) is 0 Å². The average molecular weight is 446 g/mol. The normalized spacial score (nSPS) is 33.3. The number of carbonyl (C=O) groups excluding carboxylic acids is 1. The van der Waals surface area contributed by atoms with Crippen molar-refractivity contribution in [2.75, 3.05) is 39.9 Å². The van der Waals surface area contributed by atoms with Gasteiger partial charge in [0, 0.05) is 33.2 Å². The van der Waals surface area contributed by atoms with E-state index in [-0.39, 0.29) is 5.41 Å². The lowest BCUT2D eigenvalue weighted by Gasteiger charge is -2.57. The smallest absolute Gasteiger partial charge is 0.243 e. The van der Waals surface area contributed by atoms with Crippen molar-refractivity contribution < 1.29 is 13.2 Å². The Labute approximate surface area is 186 Å². The fraction of sp³-hybridized carbons (Fsp3) is 0.708. The van der Waals surface area contributed by atoms with E-state index in [0.717, 1.165) is 55.7 Å².